The van der Waals surface area contributed by atoms with E-state index < -0.39 is 71.6 Å². The van der Waals surface area contributed by atoms with E-state index in [1.54, 1.807) is 41.5 Å². The quantitative estimate of drug-likeness (QED) is 0.128. The SMILES string of the molecule is CC(C)C[C@@H](C(=O)O)N(C)C(=O)OC(C)(C)C.CC(C)C[C@@H](C(=O)O[C@H](C)C(=O)OCc1ccccc1)N(C)C(=O)OC(C)(C)C.C[C@H](O)C(=O)OCc1ccccc1.[2HH].[2H][2H].[2H][2H].[2H][2H].[2H][2H]. The van der Waals surface area contributed by atoms with Gasteiger partial charge in [-0.2, -0.15) is 0 Å². The van der Waals surface area contributed by atoms with Crippen molar-refractivity contribution in [3.05, 3.63) is 71.8 Å². The number of benzene rings is 2. The van der Waals surface area contributed by atoms with Crippen LogP contribution in [0, 0.1) is 11.8 Å². The fourth-order valence-corrected chi connectivity index (χ4v) is 4.65. The van der Waals surface area contributed by atoms with Crippen LogP contribution < -0.4 is 0 Å². The van der Waals surface area contributed by atoms with Gasteiger partial charge in [-0.15, -0.1) is 0 Å². The number of amides is 2. The fraction of sp³-hybridized carbons (Fsp3) is 0.591. The molecule has 2 aromatic rings. The van der Waals surface area contributed by atoms with Gasteiger partial charge >= 0.3 is 36.1 Å². The number of carboxylic acid groups (broad SMARTS) is 1. The van der Waals surface area contributed by atoms with Crippen LogP contribution in [0.2, 0.25) is 0 Å². The van der Waals surface area contributed by atoms with Gasteiger partial charge in [-0.1, -0.05) is 88.4 Å². The molecule has 2 rings (SSSR count). The lowest BCUT2D eigenvalue weighted by molar-refractivity contribution is -0.170. The Balaban J connectivity index is -0.000000210. The van der Waals surface area contributed by atoms with Crippen LogP contribution in [0.25, 0.3) is 0 Å². The normalized spacial score (nSPS) is 13.6. The zero-order valence-corrected chi connectivity index (χ0v) is 37.3. The van der Waals surface area contributed by atoms with Crippen molar-refractivity contribution in [3.8, 4) is 0 Å². The van der Waals surface area contributed by atoms with Crippen LogP contribution in [0.4, 0.5) is 9.59 Å². The highest BCUT2D eigenvalue weighted by molar-refractivity contribution is 5.84. The molecule has 0 aliphatic carbocycles. The summed E-state index contributed by atoms with van der Waals surface area (Å²) in [6.45, 7) is 21.3. The Kier molecular flexibility index (Phi) is 20.5. The van der Waals surface area contributed by atoms with E-state index in [1.807, 2.05) is 88.4 Å². The van der Waals surface area contributed by atoms with E-state index in [-0.39, 0.29) is 26.5 Å². The summed E-state index contributed by atoms with van der Waals surface area (Å²) in [5, 5.41) is 17.9. The molecule has 0 saturated carbocycles. The van der Waals surface area contributed by atoms with Gasteiger partial charge in [0, 0.05) is 27.4 Å². The topological polar surface area (TPSA) is 196 Å². The van der Waals surface area contributed by atoms with Crippen LogP contribution in [0.1, 0.15) is 120 Å². The van der Waals surface area contributed by atoms with Crippen LogP contribution in [0.5, 0.6) is 0 Å². The molecule has 0 heterocycles. The van der Waals surface area contributed by atoms with Crippen LogP contribution in [-0.4, -0.2) is 106 Å². The van der Waals surface area contributed by atoms with E-state index in [9.17, 15) is 28.8 Å². The van der Waals surface area contributed by atoms with E-state index in [1.165, 1.54) is 32.8 Å². The summed E-state index contributed by atoms with van der Waals surface area (Å²) in [6, 6.07) is 16.8. The molecule has 2 aromatic carbocycles. The summed E-state index contributed by atoms with van der Waals surface area (Å²) in [7, 11) is 2.94. The summed E-state index contributed by atoms with van der Waals surface area (Å²) < 4.78 is 65.8. The molecule has 0 aliphatic heterocycles. The van der Waals surface area contributed by atoms with Gasteiger partial charge in [-0.05, 0) is 91.2 Å². The molecule has 15 heteroatoms. The second-order valence-corrected chi connectivity index (χ2v) is 16.8. The second-order valence-electron chi connectivity index (χ2n) is 16.8. The van der Waals surface area contributed by atoms with Gasteiger partial charge in [0.15, 0.2) is 6.10 Å². The second kappa shape index (κ2) is 26.0. The van der Waals surface area contributed by atoms with Crippen LogP contribution in [0.15, 0.2) is 60.7 Å². The monoisotopic (exact) mass is 852 g/mol. The van der Waals surface area contributed by atoms with Gasteiger partial charge in [0.1, 0.15) is 42.6 Å². The molecule has 59 heavy (non-hydrogen) atoms. The highest BCUT2D eigenvalue weighted by atomic mass is 16.6. The molecule has 342 valence electrons. The molecule has 2 amide bonds. The minimum atomic E-state index is -1.09. The fourth-order valence-electron chi connectivity index (χ4n) is 4.65. The number of nitrogens with zero attached hydrogens (tertiary/aromatic N) is 2. The summed E-state index contributed by atoms with van der Waals surface area (Å²) in [5.41, 5.74) is 0.441. The van der Waals surface area contributed by atoms with Gasteiger partial charge in [-0.25, -0.2) is 28.8 Å². The number of carbonyl (C=O) groups is 6. The predicted octanol–water partition coefficient (Wildman–Crippen LogP) is 8.64. The van der Waals surface area contributed by atoms with Gasteiger partial charge < -0.3 is 33.9 Å². The number of hydrogen-bond donors (Lipinski definition) is 2. The Morgan fingerprint density at radius 3 is 1.31 bits per heavy atom. The molecule has 4 atom stereocenters. The van der Waals surface area contributed by atoms with E-state index in [4.69, 9.17) is 45.8 Å². The summed E-state index contributed by atoms with van der Waals surface area (Å²) >= 11 is 0. The molecule has 0 unspecified atom stereocenters. The van der Waals surface area contributed by atoms with Crippen molar-refractivity contribution < 1.29 is 76.0 Å². The molecule has 0 saturated heterocycles. The van der Waals surface area contributed by atoms with Crippen LogP contribution in [-0.2, 0) is 56.1 Å². The van der Waals surface area contributed by atoms with Crippen molar-refractivity contribution in [2.24, 2.45) is 11.8 Å². The number of likely N-dealkylation sites (N-methyl/N-ethyl adjacent to an activating group) is 2. The lowest BCUT2D eigenvalue weighted by Gasteiger charge is -2.30. The summed E-state index contributed by atoms with van der Waals surface area (Å²) in [6.07, 6.45) is -2.59. The first-order chi connectivity index (χ1) is 31.1. The number of esters is 3. The average Bonchev–Trinajstić information content (AvgIpc) is 3.27. The van der Waals surface area contributed by atoms with Gasteiger partial charge in [0.2, 0.25) is 0 Å². The van der Waals surface area contributed by atoms with E-state index in [0.29, 0.717) is 12.8 Å². The third kappa shape index (κ3) is 24.4. The molecule has 0 fully saturated rings. The number of ether oxygens (including phenoxy) is 5. The third-order valence-electron chi connectivity index (χ3n) is 7.66. The minimum Gasteiger partial charge on any atom is -0.480 e. The first-order valence-corrected chi connectivity index (χ1v) is 19.6. The third-order valence-corrected chi connectivity index (χ3v) is 7.66. The Hall–Kier alpha value is -5.18. The maximum Gasteiger partial charge on any atom is 0.410 e. The first kappa shape index (κ1) is 46.5. The van der Waals surface area contributed by atoms with Crippen molar-refractivity contribution in [3.63, 3.8) is 0 Å². The van der Waals surface area contributed by atoms with Crippen molar-refractivity contribution in [1.82, 2.24) is 9.80 Å². The number of aliphatic hydroxyl groups is 1. The van der Waals surface area contributed by atoms with E-state index in [0.717, 1.165) is 16.0 Å². The Morgan fingerprint density at radius 2 is 0.966 bits per heavy atom. The average molecular weight is 852 g/mol. The lowest BCUT2D eigenvalue weighted by atomic mass is 10.0. The van der Waals surface area contributed by atoms with Crippen molar-refractivity contribution in [2.75, 3.05) is 14.1 Å². The molecule has 2 N–H and O–H groups in total. The standard InChI is InChI=1S/C22H33NO6.C12H23NO4.C10H12O3.5H2/c1-15(2)13-18(23(7)21(26)29-22(4,5)6)20(25)28-16(3)19(24)27-14-17-11-9-8-10-12-17;1-8(2)7-9(10(14)15)13(6)11(16)17-12(3,4)5;1-8(11)10(12)13-7-9-5-3-2-4-6-9;;;;;/h8-12,15-16,18H,13-14H2,1-7H3;8-9H,7H2,1-6H3,(H,14,15);2-6,8,11H,7H2,1H3;5*1H/t16-,18+;9-;8-;;;;;/m100...../s1/i;;;4*1+1D;1+1. The number of rotatable bonds is 15. The summed E-state index contributed by atoms with van der Waals surface area (Å²) in [5.74, 6) is -2.60. The molecule has 0 aromatic heterocycles. The maximum absolute atomic E-state index is 12.7. The molecule has 0 radical (unpaired) electrons. The Morgan fingerprint density at radius 1 is 0.610 bits per heavy atom. The predicted molar refractivity (Wildman–Crippen MR) is 232 cm³/mol. The highest BCUT2D eigenvalue weighted by Gasteiger charge is 2.34. The smallest absolute Gasteiger partial charge is 0.410 e. The molecule has 15 nitrogen and oxygen atoms in total. The molecule has 0 spiro atoms. The number of aliphatic carboxylic acids is 1. The lowest BCUT2D eigenvalue weighted by Crippen LogP contribution is -2.47. The van der Waals surface area contributed by atoms with E-state index in [2.05, 4.69) is 0 Å². The van der Waals surface area contributed by atoms with Gasteiger partial charge in [-0.3, -0.25) is 9.80 Å². The zero-order chi connectivity index (χ0) is 53.7. The number of aliphatic hydroxyl groups excluding tert-OH is 1. The Bertz CT molecular complexity index is 1620. The van der Waals surface area contributed by atoms with Gasteiger partial charge in [0.25, 0.3) is 0 Å². The molecular weight excluding hydrogens is 764 g/mol. The highest BCUT2D eigenvalue weighted by Crippen LogP contribution is 2.18. The van der Waals surface area contributed by atoms with Gasteiger partial charge in [0.05, 0.1) is 0 Å². The molecule has 0 bridgehead atoms. The Labute approximate surface area is 364 Å². The molecule has 0 aliphatic rings. The minimum absolute atomic E-state index is 0. The van der Waals surface area contributed by atoms with Crippen molar-refractivity contribution in [2.45, 2.75) is 145 Å². The number of carbonyl (C=O) groups excluding carboxylic acids is 5. The molecular formula is C44H78N2O13. The van der Waals surface area contributed by atoms with Crippen molar-refractivity contribution >= 4 is 36.1 Å². The van der Waals surface area contributed by atoms with Crippen molar-refractivity contribution in [1.29, 1.82) is 0 Å². The zero-order valence-electron chi connectivity index (χ0n) is 45.3. The number of carboxylic acids is 1. The summed E-state index contributed by atoms with van der Waals surface area (Å²) in [4.78, 5) is 73.3. The maximum atomic E-state index is 12.7. The van der Waals surface area contributed by atoms with Crippen LogP contribution in [0.3, 0.4) is 0 Å². The van der Waals surface area contributed by atoms with Crippen LogP contribution >= 0.6 is 0 Å². The largest absolute Gasteiger partial charge is 0.480 e. The van der Waals surface area contributed by atoms with E-state index >= 15 is 0 Å². The number of hydrogen-bond acceptors (Lipinski definition) is 12. The first-order valence-electron chi connectivity index (χ1n) is 23.6.